The van der Waals surface area contributed by atoms with Crippen LogP contribution in [0, 0.1) is 6.92 Å². The second-order valence-electron chi connectivity index (χ2n) is 4.63. The highest BCUT2D eigenvalue weighted by Crippen LogP contribution is 2.26. The van der Waals surface area contributed by atoms with Crippen molar-refractivity contribution in [2.24, 2.45) is 5.84 Å². The van der Waals surface area contributed by atoms with Crippen LogP contribution in [0.1, 0.15) is 15.9 Å². The largest absolute Gasteiger partial charge is 0.323 e. The number of nitrogens with one attached hydrogen (secondary N) is 2. The summed E-state index contributed by atoms with van der Waals surface area (Å²) < 4.78 is 1.04. The van der Waals surface area contributed by atoms with Crippen molar-refractivity contribution in [2.45, 2.75) is 6.92 Å². The van der Waals surface area contributed by atoms with Gasteiger partial charge in [-0.05, 0) is 31.2 Å². The summed E-state index contributed by atoms with van der Waals surface area (Å²) >= 11 is 1.44. The predicted molar refractivity (Wildman–Crippen MR) is 86.6 cm³/mol. The number of fused-ring (bicyclic) bond motifs is 1. The predicted octanol–water partition coefficient (Wildman–Crippen LogP) is 3.14. The molecule has 0 unspecified atom stereocenters. The lowest BCUT2D eigenvalue weighted by Crippen LogP contribution is -2.17. The summed E-state index contributed by atoms with van der Waals surface area (Å²) in [6, 6.07) is 13.2. The first kappa shape index (κ1) is 13.5. The van der Waals surface area contributed by atoms with Crippen molar-refractivity contribution in [1.29, 1.82) is 0 Å². The Labute approximate surface area is 125 Å². The number of aromatic nitrogens is 1. The third-order valence-corrected chi connectivity index (χ3v) is 4.04. The zero-order chi connectivity index (χ0) is 14.8. The number of nitrogens with two attached hydrogens (primary N) is 1. The Hall–Kier alpha value is -2.44. The minimum absolute atomic E-state index is 0.231. The molecule has 0 aliphatic carbocycles. The SMILES string of the molecule is Cc1ccc(NN)c(C(=O)Nc2nc3ccccc3s2)c1. The molecule has 0 aliphatic heterocycles. The fraction of sp³-hybridized carbons (Fsp3) is 0.0667. The van der Waals surface area contributed by atoms with E-state index in [4.69, 9.17) is 5.84 Å². The average Bonchev–Trinajstić information content (AvgIpc) is 2.89. The summed E-state index contributed by atoms with van der Waals surface area (Å²) in [4.78, 5) is 16.8. The molecule has 0 bridgehead atoms. The number of para-hydroxylation sites is 1. The third kappa shape index (κ3) is 2.72. The molecule has 1 aromatic heterocycles. The zero-order valence-electron chi connectivity index (χ0n) is 11.4. The fourth-order valence-electron chi connectivity index (χ4n) is 2.06. The van der Waals surface area contributed by atoms with Crippen molar-refractivity contribution >= 4 is 38.3 Å². The lowest BCUT2D eigenvalue weighted by Gasteiger charge is -2.09. The van der Waals surface area contributed by atoms with Gasteiger partial charge in [0, 0.05) is 0 Å². The molecule has 21 heavy (non-hydrogen) atoms. The maximum absolute atomic E-state index is 12.4. The molecular weight excluding hydrogens is 284 g/mol. The Morgan fingerprint density at radius 3 is 2.81 bits per heavy atom. The van der Waals surface area contributed by atoms with E-state index in [1.165, 1.54) is 11.3 Å². The minimum atomic E-state index is -0.231. The van der Waals surface area contributed by atoms with Crippen LogP contribution in [0.15, 0.2) is 42.5 Å². The highest BCUT2D eigenvalue weighted by molar-refractivity contribution is 7.22. The highest BCUT2D eigenvalue weighted by Gasteiger charge is 2.13. The first-order valence-electron chi connectivity index (χ1n) is 6.41. The van der Waals surface area contributed by atoms with E-state index >= 15 is 0 Å². The first-order valence-corrected chi connectivity index (χ1v) is 7.23. The molecular formula is C15H14N4OS. The van der Waals surface area contributed by atoms with Gasteiger partial charge in [-0.15, -0.1) is 0 Å². The van der Waals surface area contributed by atoms with E-state index in [1.807, 2.05) is 37.3 Å². The van der Waals surface area contributed by atoms with Gasteiger partial charge in [0.2, 0.25) is 0 Å². The van der Waals surface area contributed by atoms with Gasteiger partial charge >= 0.3 is 0 Å². The Morgan fingerprint density at radius 1 is 1.24 bits per heavy atom. The number of rotatable bonds is 3. The molecule has 0 fully saturated rings. The summed E-state index contributed by atoms with van der Waals surface area (Å²) in [6.07, 6.45) is 0. The van der Waals surface area contributed by atoms with Crippen LogP contribution < -0.4 is 16.6 Å². The average molecular weight is 298 g/mol. The number of hydrogen-bond donors (Lipinski definition) is 3. The van der Waals surface area contributed by atoms with E-state index in [1.54, 1.807) is 12.1 Å². The Kier molecular flexibility index (Phi) is 3.55. The minimum Gasteiger partial charge on any atom is -0.323 e. The summed E-state index contributed by atoms with van der Waals surface area (Å²) in [5.74, 6) is 5.22. The van der Waals surface area contributed by atoms with Crippen LogP contribution in [0.25, 0.3) is 10.2 Å². The Morgan fingerprint density at radius 2 is 2.05 bits per heavy atom. The van der Waals surface area contributed by atoms with E-state index in [2.05, 4.69) is 15.7 Å². The van der Waals surface area contributed by atoms with Crippen molar-refractivity contribution in [3.8, 4) is 0 Å². The van der Waals surface area contributed by atoms with Gasteiger partial charge < -0.3 is 5.43 Å². The lowest BCUT2D eigenvalue weighted by atomic mass is 10.1. The number of aryl methyl sites for hydroxylation is 1. The number of nitrogens with zero attached hydrogens (tertiary/aromatic N) is 1. The number of anilines is 2. The molecule has 0 radical (unpaired) electrons. The smallest absolute Gasteiger partial charge is 0.259 e. The molecule has 0 atom stereocenters. The number of carbonyl (C=O) groups excluding carboxylic acids is 1. The molecule has 6 heteroatoms. The zero-order valence-corrected chi connectivity index (χ0v) is 12.2. The molecule has 4 N–H and O–H groups in total. The lowest BCUT2D eigenvalue weighted by molar-refractivity contribution is 0.102. The van der Waals surface area contributed by atoms with Crippen molar-refractivity contribution < 1.29 is 4.79 Å². The van der Waals surface area contributed by atoms with E-state index in [-0.39, 0.29) is 5.91 Å². The number of hydrazine groups is 1. The van der Waals surface area contributed by atoms with Gasteiger partial charge in [0.15, 0.2) is 5.13 Å². The molecule has 5 nitrogen and oxygen atoms in total. The van der Waals surface area contributed by atoms with Gasteiger partial charge in [-0.25, -0.2) is 4.98 Å². The molecule has 2 aromatic carbocycles. The van der Waals surface area contributed by atoms with Crippen molar-refractivity contribution in [3.05, 3.63) is 53.6 Å². The molecule has 3 rings (SSSR count). The van der Waals surface area contributed by atoms with Crippen LogP contribution in [0.2, 0.25) is 0 Å². The molecule has 1 heterocycles. The normalized spacial score (nSPS) is 10.6. The monoisotopic (exact) mass is 298 g/mol. The molecule has 3 aromatic rings. The molecule has 1 amide bonds. The van der Waals surface area contributed by atoms with E-state index in [9.17, 15) is 4.79 Å². The van der Waals surface area contributed by atoms with Crippen LogP contribution in [-0.2, 0) is 0 Å². The number of amides is 1. The van der Waals surface area contributed by atoms with Gasteiger partial charge in [0.25, 0.3) is 5.91 Å². The third-order valence-electron chi connectivity index (χ3n) is 3.09. The molecule has 0 saturated carbocycles. The number of nitrogen functional groups attached to an aromatic ring is 1. The number of hydrogen-bond acceptors (Lipinski definition) is 5. The maximum Gasteiger partial charge on any atom is 0.259 e. The summed E-state index contributed by atoms with van der Waals surface area (Å²) in [7, 11) is 0. The van der Waals surface area contributed by atoms with Gasteiger partial charge in [0.1, 0.15) is 0 Å². The molecule has 0 aliphatic rings. The second kappa shape index (κ2) is 5.51. The summed E-state index contributed by atoms with van der Waals surface area (Å²) in [6.45, 7) is 1.93. The van der Waals surface area contributed by atoms with Crippen LogP contribution in [0.3, 0.4) is 0 Å². The van der Waals surface area contributed by atoms with Crippen LogP contribution >= 0.6 is 11.3 Å². The van der Waals surface area contributed by atoms with Crippen molar-refractivity contribution in [2.75, 3.05) is 10.7 Å². The van der Waals surface area contributed by atoms with Crippen LogP contribution in [0.4, 0.5) is 10.8 Å². The highest BCUT2D eigenvalue weighted by atomic mass is 32.1. The van der Waals surface area contributed by atoms with Gasteiger partial charge in [-0.1, -0.05) is 35.1 Å². The standard InChI is InChI=1S/C15H14N4OS/c1-9-6-7-11(19-16)10(8-9)14(20)18-15-17-12-4-2-3-5-13(12)21-15/h2-8,19H,16H2,1H3,(H,17,18,20). The summed E-state index contributed by atoms with van der Waals surface area (Å²) in [5, 5.41) is 3.40. The molecule has 0 spiro atoms. The van der Waals surface area contributed by atoms with Crippen molar-refractivity contribution in [3.63, 3.8) is 0 Å². The Bertz CT molecular complexity index is 779. The van der Waals surface area contributed by atoms with E-state index in [0.717, 1.165) is 15.8 Å². The first-order chi connectivity index (χ1) is 10.2. The number of benzene rings is 2. The molecule has 106 valence electrons. The fourth-order valence-corrected chi connectivity index (χ4v) is 2.92. The number of thiazole rings is 1. The van der Waals surface area contributed by atoms with E-state index < -0.39 is 0 Å². The molecule has 0 saturated heterocycles. The topological polar surface area (TPSA) is 80.0 Å². The van der Waals surface area contributed by atoms with E-state index in [0.29, 0.717) is 16.4 Å². The van der Waals surface area contributed by atoms with Crippen LogP contribution in [-0.4, -0.2) is 10.9 Å². The summed E-state index contributed by atoms with van der Waals surface area (Å²) in [5.41, 5.74) is 5.48. The number of carbonyl (C=O) groups is 1. The van der Waals surface area contributed by atoms with Gasteiger partial charge in [-0.2, -0.15) is 0 Å². The van der Waals surface area contributed by atoms with Gasteiger partial charge in [0.05, 0.1) is 21.5 Å². The Balaban J connectivity index is 1.90. The van der Waals surface area contributed by atoms with Crippen LogP contribution in [0.5, 0.6) is 0 Å². The second-order valence-corrected chi connectivity index (χ2v) is 5.66. The quantitative estimate of drug-likeness (QED) is 0.512. The van der Waals surface area contributed by atoms with Crippen molar-refractivity contribution in [1.82, 2.24) is 4.98 Å². The maximum atomic E-state index is 12.4. The van der Waals surface area contributed by atoms with Gasteiger partial charge in [-0.3, -0.25) is 16.0 Å².